The molecule has 3 atom stereocenters. The third-order valence-corrected chi connectivity index (χ3v) is 6.46. The number of rotatable bonds is 4. The van der Waals surface area contributed by atoms with E-state index in [9.17, 15) is 14.4 Å². The molecule has 1 aliphatic carbocycles. The van der Waals surface area contributed by atoms with E-state index in [0.717, 1.165) is 30.1 Å². The van der Waals surface area contributed by atoms with E-state index in [-0.39, 0.29) is 17.7 Å². The van der Waals surface area contributed by atoms with Gasteiger partial charge >= 0.3 is 6.09 Å². The molecule has 0 saturated heterocycles. The number of thiazole rings is 1. The largest absolute Gasteiger partial charge is 0.465 e. The maximum absolute atomic E-state index is 12.8. The number of hydrogen-bond donors (Lipinski definition) is 3. The lowest BCUT2D eigenvalue weighted by molar-refractivity contribution is -0.134. The van der Waals surface area contributed by atoms with Crippen molar-refractivity contribution in [3.05, 3.63) is 15.6 Å². The van der Waals surface area contributed by atoms with Crippen molar-refractivity contribution in [3.8, 4) is 0 Å². The van der Waals surface area contributed by atoms with Crippen LogP contribution in [0.15, 0.2) is 0 Å². The van der Waals surface area contributed by atoms with Crippen LogP contribution in [0, 0.1) is 5.92 Å². The molecule has 154 valence electrons. The van der Waals surface area contributed by atoms with Crippen molar-refractivity contribution in [3.63, 3.8) is 0 Å². The zero-order valence-electron chi connectivity index (χ0n) is 16.4. The van der Waals surface area contributed by atoms with E-state index in [1.165, 1.54) is 11.3 Å². The summed E-state index contributed by atoms with van der Waals surface area (Å²) in [5.74, 6) is -0.534. The number of hydrogen-bond acceptors (Lipinski definition) is 6. The van der Waals surface area contributed by atoms with Crippen LogP contribution in [0.5, 0.6) is 0 Å². The molecule has 3 N–H and O–H groups in total. The van der Waals surface area contributed by atoms with Gasteiger partial charge in [0.15, 0.2) is 5.01 Å². The van der Waals surface area contributed by atoms with Gasteiger partial charge in [0.2, 0.25) is 5.91 Å². The summed E-state index contributed by atoms with van der Waals surface area (Å²) in [6.45, 7) is 1.70. The molecule has 28 heavy (non-hydrogen) atoms. The molecule has 1 aliphatic heterocycles. The van der Waals surface area contributed by atoms with E-state index >= 15 is 0 Å². The van der Waals surface area contributed by atoms with Gasteiger partial charge in [-0.3, -0.25) is 9.59 Å². The first-order chi connectivity index (χ1) is 13.2. The van der Waals surface area contributed by atoms with Crippen LogP contribution in [-0.4, -0.2) is 77.6 Å². The smallest absolute Gasteiger partial charge is 0.404 e. The molecule has 10 heteroatoms. The normalized spacial score (nSPS) is 24.9. The van der Waals surface area contributed by atoms with E-state index < -0.39 is 18.2 Å². The molecule has 3 amide bonds. The summed E-state index contributed by atoms with van der Waals surface area (Å²) in [6, 6.07) is -0.872. The van der Waals surface area contributed by atoms with Gasteiger partial charge in [0.25, 0.3) is 5.91 Å². The molecule has 1 fully saturated rings. The average Bonchev–Trinajstić information content (AvgIpc) is 3.05. The van der Waals surface area contributed by atoms with Crippen LogP contribution < -0.4 is 10.6 Å². The Kier molecular flexibility index (Phi) is 6.19. The third kappa shape index (κ3) is 4.61. The van der Waals surface area contributed by atoms with Gasteiger partial charge < -0.3 is 25.5 Å². The fourth-order valence-corrected chi connectivity index (χ4v) is 4.99. The van der Waals surface area contributed by atoms with Crippen molar-refractivity contribution in [2.45, 2.75) is 44.3 Å². The Bertz CT molecular complexity index is 765. The molecule has 0 spiro atoms. The lowest BCUT2D eigenvalue weighted by atomic mass is 9.81. The Morgan fingerprint density at radius 2 is 1.96 bits per heavy atom. The monoisotopic (exact) mass is 409 g/mol. The lowest BCUT2D eigenvalue weighted by Gasteiger charge is -2.36. The molecule has 1 saturated carbocycles. The minimum Gasteiger partial charge on any atom is -0.465 e. The van der Waals surface area contributed by atoms with Crippen molar-refractivity contribution in [1.82, 2.24) is 25.4 Å². The molecule has 0 radical (unpaired) electrons. The Morgan fingerprint density at radius 1 is 1.21 bits per heavy atom. The Morgan fingerprint density at radius 3 is 2.64 bits per heavy atom. The first-order valence-electron chi connectivity index (χ1n) is 9.43. The predicted molar refractivity (Wildman–Crippen MR) is 104 cm³/mol. The highest BCUT2D eigenvalue weighted by atomic mass is 32.1. The second-order valence-corrected chi connectivity index (χ2v) is 8.84. The lowest BCUT2D eigenvalue weighted by Crippen LogP contribution is -2.55. The average molecular weight is 410 g/mol. The molecule has 3 rings (SSSR count). The zero-order valence-corrected chi connectivity index (χ0v) is 17.2. The van der Waals surface area contributed by atoms with E-state index in [2.05, 4.69) is 20.5 Å². The van der Waals surface area contributed by atoms with Gasteiger partial charge in [-0.05, 0) is 26.3 Å². The van der Waals surface area contributed by atoms with E-state index in [4.69, 9.17) is 5.11 Å². The molecule has 2 aliphatic rings. The highest BCUT2D eigenvalue weighted by molar-refractivity contribution is 7.13. The topological polar surface area (TPSA) is 115 Å². The van der Waals surface area contributed by atoms with Gasteiger partial charge in [-0.25, -0.2) is 9.78 Å². The molecular formula is C18H27N5O4S. The number of carboxylic acid groups (broad SMARTS) is 1. The number of fused-ring (bicyclic) bond motifs is 1. The Labute approximate surface area is 168 Å². The van der Waals surface area contributed by atoms with Gasteiger partial charge in [-0.15, -0.1) is 11.3 Å². The molecule has 0 unspecified atom stereocenters. The van der Waals surface area contributed by atoms with Crippen LogP contribution in [0.2, 0.25) is 0 Å². The van der Waals surface area contributed by atoms with Gasteiger partial charge in [0.05, 0.1) is 17.8 Å². The number of amides is 3. The first-order valence-corrected chi connectivity index (χ1v) is 10.2. The SMILES string of the molecule is CN1CCc2nc(C(=O)N[C@@H]3C[C@@H](C(=O)N(C)C)CC[C@@H]3NC(=O)O)sc2C1. The maximum Gasteiger partial charge on any atom is 0.404 e. The van der Waals surface area contributed by atoms with Gasteiger partial charge in [0.1, 0.15) is 0 Å². The minimum absolute atomic E-state index is 0.000717. The van der Waals surface area contributed by atoms with Crippen LogP contribution in [0.4, 0.5) is 4.79 Å². The van der Waals surface area contributed by atoms with Gasteiger partial charge in [-0.1, -0.05) is 0 Å². The molecule has 2 heterocycles. The molecule has 0 aromatic carbocycles. The molecule has 1 aromatic heterocycles. The fraction of sp³-hybridized carbons (Fsp3) is 0.667. The van der Waals surface area contributed by atoms with Crippen molar-refractivity contribution in [1.29, 1.82) is 0 Å². The summed E-state index contributed by atoms with van der Waals surface area (Å²) >= 11 is 1.39. The first kappa shape index (κ1) is 20.5. The quantitative estimate of drug-likeness (QED) is 0.676. The van der Waals surface area contributed by atoms with Crippen molar-refractivity contribution in [2.75, 3.05) is 27.7 Å². The highest BCUT2D eigenvalue weighted by Gasteiger charge is 2.36. The molecule has 1 aromatic rings. The fourth-order valence-electron chi connectivity index (χ4n) is 3.90. The zero-order chi connectivity index (χ0) is 20.4. The van der Waals surface area contributed by atoms with Crippen LogP contribution in [-0.2, 0) is 17.8 Å². The number of carbonyl (C=O) groups is 3. The summed E-state index contributed by atoms with van der Waals surface area (Å²) in [5.41, 5.74) is 0.970. The summed E-state index contributed by atoms with van der Waals surface area (Å²) in [4.78, 5) is 45.6. The molecule has 9 nitrogen and oxygen atoms in total. The molecular weight excluding hydrogens is 382 g/mol. The number of nitrogens with one attached hydrogen (secondary N) is 2. The van der Waals surface area contributed by atoms with E-state index in [1.807, 2.05) is 7.05 Å². The standard InChI is InChI=1S/C18H27N5O4S/c1-22(2)17(25)10-4-5-11(21-18(26)27)13(8-10)19-15(24)16-20-12-6-7-23(3)9-14(12)28-16/h10-11,13,21H,4-9H2,1-3H3,(H,19,24)(H,26,27)/t10-,11-,13+/m0/s1. The number of nitrogens with zero attached hydrogens (tertiary/aromatic N) is 3. The predicted octanol–water partition coefficient (Wildman–Crippen LogP) is 0.754. The maximum atomic E-state index is 12.8. The van der Waals surface area contributed by atoms with E-state index in [0.29, 0.717) is 24.3 Å². The van der Waals surface area contributed by atoms with Crippen LogP contribution >= 0.6 is 11.3 Å². The van der Waals surface area contributed by atoms with Crippen LogP contribution in [0.3, 0.4) is 0 Å². The third-order valence-electron chi connectivity index (χ3n) is 5.38. The number of aromatic nitrogens is 1. The van der Waals surface area contributed by atoms with Gasteiger partial charge in [-0.2, -0.15) is 0 Å². The second kappa shape index (κ2) is 8.44. The summed E-state index contributed by atoms with van der Waals surface area (Å²) in [5, 5.41) is 14.9. The Balaban J connectivity index is 1.72. The van der Waals surface area contributed by atoms with Crippen LogP contribution in [0.1, 0.15) is 39.6 Å². The number of carbonyl (C=O) groups excluding carboxylic acids is 2. The highest BCUT2D eigenvalue weighted by Crippen LogP contribution is 2.28. The van der Waals surface area contributed by atoms with E-state index in [1.54, 1.807) is 19.0 Å². The second-order valence-electron chi connectivity index (χ2n) is 7.76. The van der Waals surface area contributed by atoms with Crippen LogP contribution in [0.25, 0.3) is 0 Å². The molecule has 0 bridgehead atoms. The Hall–Kier alpha value is -2.20. The van der Waals surface area contributed by atoms with Gasteiger partial charge in [0, 0.05) is 44.4 Å². The summed E-state index contributed by atoms with van der Waals surface area (Å²) in [7, 11) is 5.44. The van der Waals surface area contributed by atoms with Crippen molar-refractivity contribution < 1.29 is 19.5 Å². The minimum atomic E-state index is -1.13. The summed E-state index contributed by atoms with van der Waals surface area (Å²) in [6.07, 6.45) is 1.19. The van der Waals surface area contributed by atoms with Crippen molar-refractivity contribution >= 4 is 29.2 Å². The van der Waals surface area contributed by atoms with Crippen molar-refractivity contribution in [2.24, 2.45) is 5.92 Å². The summed E-state index contributed by atoms with van der Waals surface area (Å²) < 4.78 is 0. The number of likely N-dealkylation sites (N-methyl/N-ethyl adjacent to an activating group) is 1.